The summed E-state index contributed by atoms with van der Waals surface area (Å²) in [7, 11) is 5.66. The topological polar surface area (TPSA) is 74.2 Å². The molecule has 1 unspecified atom stereocenters. The summed E-state index contributed by atoms with van der Waals surface area (Å²) in [5, 5.41) is 10.1. The van der Waals surface area contributed by atoms with Crippen molar-refractivity contribution in [2.75, 3.05) is 28.4 Å². The summed E-state index contributed by atoms with van der Waals surface area (Å²) in [4.78, 5) is 11.5. The van der Waals surface area contributed by atoms with Crippen LogP contribution in [0.5, 0.6) is 11.5 Å². The molecule has 0 heterocycles. The van der Waals surface area contributed by atoms with Gasteiger partial charge in [0.05, 0.1) is 27.9 Å². The fraction of sp³-hybridized carbons (Fsp3) is 0.462. The van der Waals surface area contributed by atoms with Crippen molar-refractivity contribution in [3.8, 4) is 11.5 Å². The first kappa shape index (κ1) is 15.3. The Morgan fingerprint density at radius 3 is 2.21 bits per heavy atom. The molecule has 19 heavy (non-hydrogen) atoms. The van der Waals surface area contributed by atoms with Crippen LogP contribution in [0.2, 0.25) is 0 Å². The van der Waals surface area contributed by atoms with Gasteiger partial charge in [-0.3, -0.25) is 0 Å². The molecule has 0 saturated heterocycles. The van der Waals surface area contributed by atoms with Crippen LogP contribution in [0.25, 0.3) is 0 Å². The molecule has 6 nitrogen and oxygen atoms in total. The van der Waals surface area contributed by atoms with Crippen molar-refractivity contribution in [1.29, 1.82) is 0 Å². The van der Waals surface area contributed by atoms with Gasteiger partial charge < -0.3 is 24.1 Å². The van der Waals surface area contributed by atoms with Crippen LogP contribution in [0.1, 0.15) is 17.2 Å². The summed E-state index contributed by atoms with van der Waals surface area (Å²) in [5.41, 5.74) is 0.831. The highest BCUT2D eigenvalue weighted by molar-refractivity contribution is 5.78. The molecule has 0 aliphatic carbocycles. The molecular formula is C13H18O6. The molecule has 1 rings (SSSR count). The Bertz CT molecular complexity index is 443. The SMILES string of the molecule is COCc1c(OC)ccc(OC)c1C(O)C(=O)OC. The number of esters is 1. The molecular weight excluding hydrogens is 252 g/mol. The molecule has 6 heteroatoms. The van der Waals surface area contributed by atoms with E-state index in [9.17, 15) is 9.90 Å². The van der Waals surface area contributed by atoms with E-state index in [0.29, 0.717) is 17.1 Å². The van der Waals surface area contributed by atoms with Crippen LogP contribution in [-0.4, -0.2) is 39.5 Å². The first-order valence-electron chi connectivity index (χ1n) is 5.59. The van der Waals surface area contributed by atoms with Gasteiger partial charge in [0, 0.05) is 18.2 Å². The number of aliphatic hydroxyl groups excluding tert-OH is 1. The summed E-state index contributed by atoms with van der Waals surface area (Å²) in [6.45, 7) is 0.170. The average Bonchev–Trinajstić information content (AvgIpc) is 2.45. The second-order valence-electron chi connectivity index (χ2n) is 3.72. The first-order chi connectivity index (χ1) is 9.10. The van der Waals surface area contributed by atoms with Crippen LogP contribution >= 0.6 is 0 Å². The largest absolute Gasteiger partial charge is 0.496 e. The van der Waals surface area contributed by atoms with Crippen LogP contribution in [-0.2, 0) is 20.9 Å². The number of ether oxygens (including phenoxy) is 4. The van der Waals surface area contributed by atoms with Crippen molar-refractivity contribution in [2.45, 2.75) is 12.7 Å². The predicted molar refractivity (Wildman–Crippen MR) is 67.2 cm³/mol. The molecule has 0 spiro atoms. The lowest BCUT2D eigenvalue weighted by atomic mass is 10.00. The van der Waals surface area contributed by atoms with E-state index in [2.05, 4.69) is 4.74 Å². The smallest absolute Gasteiger partial charge is 0.339 e. The highest BCUT2D eigenvalue weighted by atomic mass is 16.5. The second kappa shape index (κ2) is 6.96. The molecule has 0 aromatic heterocycles. The highest BCUT2D eigenvalue weighted by Crippen LogP contribution is 2.35. The number of rotatable bonds is 6. The van der Waals surface area contributed by atoms with Gasteiger partial charge in [0.25, 0.3) is 0 Å². The van der Waals surface area contributed by atoms with Crippen molar-refractivity contribution in [3.63, 3.8) is 0 Å². The van der Waals surface area contributed by atoms with Crippen molar-refractivity contribution in [2.24, 2.45) is 0 Å². The number of carbonyl (C=O) groups is 1. The zero-order valence-corrected chi connectivity index (χ0v) is 11.4. The van der Waals surface area contributed by atoms with Crippen LogP contribution in [0, 0.1) is 0 Å². The summed E-state index contributed by atoms with van der Waals surface area (Å²) in [6, 6.07) is 3.29. The van der Waals surface area contributed by atoms with Gasteiger partial charge in [0.2, 0.25) is 0 Å². The number of carbonyl (C=O) groups excluding carboxylic acids is 1. The number of aliphatic hydroxyl groups is 1. The van der Waals surface area contributed by atoms with E-state index in [1.54, 1.807) is 12.1 Å². The van der Waals surface area contributed by atoms with E-state index in [0.717, 1.165) is 0 Å². The Balaban J connectivity index is 3.41. The molecule has 1 aromatic carbocycles. The number of hydrogen-bond acceptors (Lipinski definition) is 6. The number of hydrogen-bond donors (Lipinski definition) is 1. The zero-order chi connectivity index (χ0) is 14.4. The van der Waals surface area contributed by atoms with Crippen LogP contribution in [0.3, 0.4) is 0 Å². The normalized spacial score (nSPS) is 11.8. The minimum absolute atomic E-state index is 0.170. The van der Waals surface area contributed by atoms with Gasteiger partial charge in [0.1, 0.15) is 11.5 Å². The van der Waals surface area contributed by atoms with Crippen LogP contribution in [0.15, 0.2) is 12.1 Å². The van der Waals surface area contributed by atoms with Crippen molar-refractivity contribution < 1.29 is 28.8 Å². The monoisotopic (exact) mass is 270 g/mol. The van der Waals surface area contributed by atoms with E-state index >= 15 is 0 Å². The maximum Gasteiger partial charge on any atom is 0.339 e. The van der Waals surface area contributed by atoms with Gasteiger partial charge in [-0.2, -0.15) is 0 Å². The minimum atomic E-state index is -1.46. The molecule has 0 radical (unpaired) electrons. The Hall–Kier alpha value is -1.79. The predicted octanol–water partition coefficient (Wildman–Crippen LogP) is 1.06. The van der Waals surface area contributed by atoms with Gasteiger partial charge in [-0.1, -0.05) is 0 Å². The number of benzene rings is 1. The fourth-order valence-electron chi connectivity index (χ4n) is 1.81. The first-order valence-corrected chi connectivity index (χ1v) is 5.59. The van der Waals surface area contributed by atoms with Gasteiger partial charge in [0.15, 0.2) is 6.10 Å². The lowest BCUT2D eigenvalue weighted by Gasteiger charge is -2.19. The van der Waals surface area contributed by atoms with Gasteiger partial charge >= 0.3 is 5.97 Å². The third kappa shape index (κ3) is 3.15. The van der Waals surface area contributed by atoms with Gasteiger partial charge in [-0.05, 0) is 12.1 Å². The third-order valence-electron chi connectivity index (χ3n) is 2.70. The summed E-state index contributed by atoms with van der Waals surface area (Å²) in [6.07, 6.45) is -1.46. The van der Waals surface area contributed by atoms with Crippen LogP contribution in [0.4, 0.5) is 0 Å². The van der Waals surface area contributed by atoms with Gasteiger partial charge in [-0.25, -0.2) is 4.79 Å². The minimum Gasteiger partial charge on any atom is -0.496 e. The lowest BCUT2D eigenvalue weighted by Crippen LogP contribution is -2.17. The third-order valence-corrected chi connectivity index (χ3v) is 2.70. The Morgan fingerprint density at radius 2 is 1.74 bits per heavy atom. The Kier molecular flexibility index (Phi) is 5.59. The van der Waals surface area contributed by atoms with E-state index in [4.69, 9.17) is 14.2 Å². The molecule has 1 atom stereocenters. The van der Waals surface area contributed by atoms with E-state index in [-0.39, 0.29) is 12.2 Å². The quantitative estimate of drug-likeness (QED) is 0.779. The van der Waals surface area contributed by atoms with Crippen LogP contribution < -0.4 is 9.47 Å². The molecule has 0 saturated carbocycles. The molecule has 0 aliphatic heterocycles. The summed E-state index contributed by atoms with van der Waals surface area (Å²) < 4.78 is 20.0. The van der Waals surface area contributed by atoms with Crippen molar-refractivity contribution >= 4 is 5.97 Å². The van der Waals surface area contributed by atoms with E-state index in [1.165, 1.54) is 28.4 Å². The maximum atomic E-state index is 11.5. The van der Waals surface area contributed by atoms with Gasteiger partial charge in [-0.15, -0.1) is 0 Å². The van der Waals surface area contributed by atoms with Crippen molar-refractivity contribution in [3.05, 3.63) is 23.3 Å². The molecule has 106 valence electrons. The lowest BCUT2D eigenvalue weighted by molar-refractivity contribution is -0.150. The maximum absolute atomic E-state index is 11.5. The molecule has 0 amide bonds. The molecule has 1 aromatic rings. The molecule has 1 N–H and O–H groups in total. The van der Waals surface area contributed by atoms with Crippen molar-refractivity contribution in [1.82, 2.24) is 0 Å². The zero-order valence-electron chi connectivity index (χ0n) is 11.4. The standard InChI is InChI=1S/C13H18O6/c1-16-7-8-9(17-2)5-6-10(18-3)11(8)12(14)13(15)19-4/h5-6,12,14H,7H2,1-4H3. The second-order valence-corrected chi connectivity index (χ2v) is 3.72. The molecule has 0 bridgehead atoms. The fourth-order valence-corrected chi connectivity index (χ4v) is 1.81. The number of methoxy groups -OCH3 is 4. The highest BCUT2D eigenvalue weighted by Gasteiger charge is 2.27. The Labute approximate surface area is 111 Å². The molecule has 0 fully saturated rings. The van der Waals surface area contributed by atoms with E-state index in [1.807, 2.05) is 0 Å². The Morgan fingerprint density at radius 1 is 1.16 bits per heavy atom. The summed E-state index contributed by atoms with van der Waals surface area (Å²) in [5.74, 6) is 0.0928. The average molecular weight is 270 g/mol. The summed E-state index contributed by atoms with van der Waals surface area (Å²) >= 11 is 0. The van der Waals surface area contributed by atoms with E-state index < -0.39 is 12.1 Å². The molecule has 0 aliphatic rings.